The molecule has 0 aliphatic rings. The van der Waals surface area contributed by atoms with Crippen molar-refractivity contribution in [2.75, 3.05) is 13.2 Å². The number of hydrogen-bond acceptors (Lipinski definition) is 6. The van der Waals surface area contributed by atoms with Crippen LogP contribution in [0.25, 0.3) is 0 Å². The molecule has 21 heavy (non-hydrogen) atoms. The Balaban J connectivity index is -0.000000300. The molecule has 0 rings (SSSR count). The number of aliphatic hydroxyl groups is 6. The fraction of sp³-hybridized carbons (Fsp3) is 0.917. The first-order valence-electron chi connectivity index (χ1n) is 6.16. The van der Waals surface area contributed by atoms with Gasteiger partial charge in [-0.3, -0.25) is 0 Å². The van der Waals surface area contributed by atoms with Crippen molar-refractivity contribution in [1.82, 2.24) is 0 Å². The fourth-order valence-electron chi connectivity index (χ4n) is 0.994. The molecule has 0 amide bonds. The Morgan fingerprint density at radius 2 is 1.48 bits per heavy atom. The molecule has 9 heteroatoms. The molecule has 0 saturated carbocycles. The van der Waals surface area contributed by atoms with Gasteiger partial charge in [0.05, 0.1) is 6.61 Å². The first kappa shape index (κ1) is 27.1. The van der Waals surface area contributed by atoms with Gasteiger partial charge in [-0.1, -0.05) is 32.6 Å². The standard InChI is InChI=1S/C6H11Br2O3.C6H14O3.Ni/c1-2-5(3-7,4-9)6(8,10)11;1-3-6(2,4-7)5(8)9;/h3,9-11H,2,4H2,1H3;5,7-9H,3-4H2,1-2H3;/q-1;;. The number of aliphatic hydroxyl groups excluding tert-OH is 3. The second kappa shape index (κ2) is 11.7. The largest absolute Gasteiger partial charge is 0.398 e. The summed E-state index contributed by atoms with van der Waals surface area (Å²) in [6, 6.07) is 0. The topological polar surface area (TPSA) is 121 Å². The van der Waals surface area contributed by atoms with Crippen molar-refractivity contribution in [2.45, 2.75) is 44.6 Å². The summed E-state index contributed by atoms with van der Waals surface area (Å²) in [4.78, 5) is 0. The summed E-state index contributed by atoms with van der Waals surface area (Å²) in [5, 5.41) is 54.6. The molecule has 0 radical (unpaired) electrons. The zero-order chi connectivity index (χ0) is 16.6. The molecule has 0 saturated heterocycles. The predicted molar refractivity (Wildman–Crippen MR) is 82.8 cm³/mol. The van der Waals surface area contributed by atoms with Gasteiger partial charge < -0.3 is 46.6 Å². The van der Waals surface area contributed by atoms with Crippen LogP contribution < -0.4 is 0 Å². The van der Waals surface area contributed by atoms with Crippen molar-refractivity contribution < 1.29 is 47.1 Å². The van der Waals surface area contributed by atoms with E-state index >= 15 is 0 Å². The smallest absolute Gasteiger partial charge is 0.201 e. The predicted octanol–water partition coefficient (Wildman–Crippen LogP) is 0.668. The Morgan fingerprint density at radius 1 is 1.05 bits per heavy atom. The maximum Gasteiger partial charge on any atom is 0.201 e. The molecule has 0 aliphatic heterocycles. The van der Waals surface area contributed by atoms with Crippen molar-refractivity contribution in [2.24, 2.45) is 10.8 Å². The SMILES string of the molecule is CCC(C)(CO)C(O)O.CCC([CH-]Br)(CO)C(O)(O)Br.[Ni]. The Hall–Kier alpha value is 1.21. The van der Waals surface area contributed by atoms with Crippen LogP contribution in [0.5, 0.6) is 0 Å². The Morgan fingerprint density at radius 3 is 1.48 bits per heavy atom. The summed E-state index contributed by atoms with van der Waals surface area (Å²) in [5.74, 6) is 0. The van der Waals surface area contributed by atoms with Gasteiger partial charge in [0.2, 0.25) is 4.70 Å². The molecule has 0 heterocycles. The quantitative estimate of drug-likeness (QED) is 0.137. The van der Waals surface area contributed by atoms with Gasteiger partial charge >= 0.3 is 0 Å². The van der Waals surface area contributed by atoms with Crippen molar-refractivity contribution in [3.05, 3.63) is 5.33 Å². The van der Waals surface area contributed by atoms with E-state index < -0.39 is 21.8 Å². The third-order valence-electron chi connectivity index (χ3n) is 3.55. The van der Waals surface area contributed by atoms with Gasteiger partial charge in [0.15, 0.2) is 6.29 Å². The van der Waals surface area contributed by atoms with Crippen molar-refractivity contribution in [3.8, 4) is 0 Å². The van der Waals surface area contributed by atoms with Crippen LogP contribution in [-0.2, 0) is 16.5 Å². The fourth-order valence-corrected chi connectivity index (χ4v) is 2.61. The maximum atomic E-state index is 9.18. The van der Waals surface area contributed by atoms with Gasteiger partial charge in [-0.2, -0.15) is 0 Å². The Kier molecular flexibility index (Phi) is 15.1. The van der Waals surface area contributed by atoms with E-state index in [9.17, 15) is 10.2 Å². The maximum absolute atomic E-state index is 9.18. The van der Waals surface area contributed by atoms with E-state index in [0.717, 1.165) is 0 Å². The van der Waals surface area contributed by atoms with E-state index in [1.807, 2.05) is 0 Å². The van der Waals surface area contributed by atoms with Crippen LogP contribution in [0.2, 0.25) is 0 Å². The first-order chi connectivity index (χ1) is 9.00. The normalized spacial score (nSPS) is 17.1. The molecule has 2 atom stereocenters. The van der Waals surface area contributed by atoms with Crippen molar-refractivity contribution in [3.63, 3.8) is 0 Å². The minimum atomic E-state index is -2.08. The molecule has 6 nitrogen and oxygen atoms in total. The number of rotatable bonds is 7. The molecule has 0 aromatic rings. The van der Waals surface area contributed by atoms with Crippen LogP contribution in [0.3, 0.4) is 0 Å². The van der Waals surface area contributed by atoms with Gasteiger partial charge in [-0.05, 0) is 22.4 Å². The number of hydrogen-bond donors (Lipinski definition) is 6. The minimum absolute atomic E-state index is 0. The molecule has 0 spiro atoms. The molecule has 2 unspecified atom stereocenters. The summed E-state index contributed by atoms with van der Waals surface area (Å²) in [6.45, 7) is 4.64. The molecular formula is C12H25Br2NiO6-. The summed E-state index contributed by atoms with van der Waals surface area (Å²) < 4.78 is -2.08. The van der Waals surface area contributed by atoms with Gasteiger partial charge in [-0.25, -0.2) is 5.33 Å². The monoisotopic (exact) mass is 481 g/mol. The summed E-state index contributed by atoms with van der Waals surface area (Å²) in [5.41, 5.74) is -1.81. The first-order valence-corrected chi connectivity index (χ1v) is 7.87. The molecular weight excluding hydrogens is 459 g/mol. The Labute approximate surface area is 152 Å². The van der Waals surface area contributed by atoms with E-state index in [1.54, 1.807) is 20.8 Å². The van der Waals surface area contributed by atoms with E-state index in [2.05, 4.69) is 31.9 Å². The van der Waals surface area contributed by atoms with Crippen LogP contribution in [0, 0.1) is 16.2 Å². The van der Waals surface area contributed by atoms with Gasteiger partial charge in [0.25, 0.3) is 0 Å². The second-order valence-electron chi connectivity index (χ2n) is 4.90. The second-order valence-corrected chi connectivity index (χ2v) is 6.47. The molecule has 0 aromatic carbocycles. The summed E-state index contributed by atoms with van der Waals surface area (Å²) in [6.07, 6.45) is -0.457. The average molecular weight is 484 g/mol. The van der Waals surface area contributed by atoms with Crippen LogP contribution in [0.4, 0.5) is 0 Å². The van der Waals surface area contributed by atoms with E-state index in [1.165, 1.54) is 5.33 Å². The molecule has 0 bridgehead atoms. The third kappa shape index (κ3) is 8.04. The zero-order valence-corrected chi connectivity index (χ0v) is 16.4. The van der Waals surface area contributed by atoms with Crippen LogP contribution in [-0.4, -0.2) is 54.8 Å². The van der Waals surface area contributed by atoms with Gasteiger partial charge in [0, 0.05) is 28.5 Å². The van der Waals surface area contributed by atoms with Crippen LogP contribution in [0.1, 0.15) is 33.6 Å². The molecule has 0 aliphatic carbocycles. The van der Waals surface area contributed by atoms with E-state index in [-0.39, 0.29) is 29.7 Å². The van der Waals surface area contributed by atoms with Gasteiger partial charge in [0.1, 0.15) is 0 Å². The van der Waals surface area contributed by atoms with Gasteiger partial charge in [-0.15, -0.1) is 0 Å². The van der Waals surface area contributed by atoms with Crippen molar-refractivity contribution >= 4 is 31.9 Å². The summed E-state index contributed by atoms with van der Waals surface area (Å²) in [7, 11) is 0. The van der Waals surface area contributed by atoms with Crippen LogP contribution >= 0.6 is 31.9 Å². The minimum Gasteiger partial charge on any atom is -0.398 e. The molecule has 0 aromatic heterocycles. The summed E-state index contributed by atoms with van der Waals surface area (Å²) >= 11 is 5.67. The van der Waals surface area contributed by atoms with Crippen molar-refractivity contribution in [1.29, 1.82) is 0 Å². The zero-order valence-electron chi connectivity index (χ0n) is 12.2. The average Bonchev–Trinajstić information content (AvgIpc) is 2.39. The van der Waals surface area contributed by atoms with Crippen LogP contribution in [0.15, 0.2) is 0 Å². The molecule has 134 valence electrons. The Bertz CT molecular complexity index is 244. The molecule has 0 fully saturated rings. The van der Waals surface area contributed by atoms with E-state index in [4.69, 9.17) is 20.4 Å². The van der Waals surface area contributed by atoms with E-state index in [0.29, 0.717) is 12.8 Å². The molecule has 6 N–H and O–H groups in total. The number of halogens is 2. The number of alkyl halides is 1. The third-order valence-corrected chi connectivity index (χ3v) is 5.21.